The minimum Gasteiger partial charge on any atom is -0.311 e. The summed E-state index contributed by atoms with van der Waals surface area (Å²) >= 11 is 0. The van der Waals surface area contributed by atoms with Gasteiger partial charge in [0.05, 0.1) is 12.7 Å². The van der Waals surface area contributed by atoms with Gasteiger partial charge in [0.15, 0.2) is 0 Å². The van der Waals surface area contributed by atoms with Crippen LogP contribution in [0.25, 0.3) is 0 Å². The second-order valence-electron chi connectivity index (χ2n) is 5.17. The maximum atomic E-state index is 11.9. The van der Waals surface area contributed by atoms with Crippen molar-refractivity contribution in [2.75, 3.05) is 5.32 Å². The molecule has 2 atom stereocenters. The first kappa shape index (κ1) is 12.0. The van der Waals surface area contributed by atoms with Gasteiger partial charge in [-0.1, -0.05) is 37.3 Å². The Morgan fingerprint density at radius 2 is 2.11 bits per heavy atom. The highest BCUT2D eigenvalue weighted by molar-refractivity contribution is 5.93. The van der Waals surface area contributed by atoms with Crippen molar-refractivity contribution in [3.8, 4) is 0 Å². The van der Waals surface area contributed by atoms with E-state index in [0.717, 1.165) is 12.2 Å². The molecule has 1 aromatic heterocycles. The van der Waals surface area contributed by atoms with Crippen molar-refractivity contribution in [2.24, 2.45) is 11.8 Å². The van der Waals surface area contributed by atoms with Gasteiger partial charge in [-0.15, -0.1) is 0 Å². The molecule has 0 radical (unpaired) electrons. The van der Waals surface area contributed by atoms with Crippen LogP contribution in [-0.2, 0) is 11.3 Å². The maximum absolute atomic E-state index is 11.9. The third kappa shape index (κ3) is 2.67. The highest BCUT2D eigenvalue weighted by Crippen LogP contribution is 2.38. The van der Waals surface area contributed by atoms with Gasteiger partial charge in [-0.2, -0.15) is 5.10 Å². The first-order valence-corrected chi connectivity index (χ1v) is 6.60. The van der Waals surface area contributed by atoms with Gasteiger partial charge in [0.1, 0.15) is 5.82 Å². The van der Waals surface area contributed by atoms with E-state index in [9.17, 15) is 4.79 Å². The second-order valence-corrected chi connectivity index (χ2v) is 5.17. The Morgan fingerprint density at radius 3 is 2.79 bits per heavy atom. The number of carbonyl (C=O) groups excluding carboxylic acids is 1. The number of hydrogen-bond donors (Lipinski definition) is 1. The number of aromatic nitrogens is 2. The van der Waals surface area contributed by atoms with Gasteiger partial charge in [-0.05, 0) is 17.9 Å². The summed E-state index contributed by atoms with van der Waals surface area (Å²) in [7, 11) is 0. The third-order valence-corrected chi connectivity index (χ3v) is 3.59. The SMILES string of the molecule is CC1CC1C(=O)Nc1ccnn1Cc1ccccc1. The van der Waals surface area contributed by atoms with E-state index in [1.807, 2.05) is 28.9 Å². The van der Waals surface area contributed by atoms with Crippen LogP contribution in [0.4, 0.5) is 5.82 Å². The Balaban J connectivity index is 1.70. The Kier molecular flexibility index (Phi) is 3.07. The van der Waals surface area contributed by atoms with Crippen molar-refractivity contribution in [2.45, 2.75) is 19.9 Å². The minimum atomic E-state index is 0.113. The molecule has 0 bridgehead atoms. The van der Waals surface area contributed by atoms with E-state index in [1.54, 1.807) is 6.20 Å². The molecule has 1 aliphatic carbocycles. The molecule has 1 heterocycles. The summed E-state index contributed by atoms with van der Waals surface area (Å²) in [5.74, 6) is 1.58. The lowest BCUT2D eigenvalue weighted by atomic mass is 10.2. The molecule has 1 aliphatic rings. The topological polar surface area (TPSA) is 46.9 Å². The summed E-state index contributed by atoms with van der Waals surface area (Å²) in [4.78, 5) is 11.9. The summed E-state index contributed by atoms with van der Waals surface area (Å²) in [6.07, 6.45) is 2.72. The van der Waals surface area contributed by atoms with Crippen LogP contribution in [0.5, 0.6) is 0 Å². The number of benzene rings is 1. The van der Waals surface area contributed by atoms with Gasteiger partial charge in [-0.25, -0.2) is 4.68 Å². The summed E-state index contributed by atoms with van der Waals surface area (Å²) in [6, 6.07) is 11.9. The van der Waals surface area contributed by atoms with Gasteiger partial charge in [0.25, 0.3) is 0 Å². The average Bonchev–Trinajstić information content (AvgIpc) is 3.00. The molecule has 0 spiro atoms. The number of hydrogen-bond acceptors (Lipinski definition) is 2. The number of nitrogens with zero attached hydrogens (tertiary/aromatic N) is 2. The molecule has 4 heteroatoms. The van der Waals surface area contributed by atoms with Gasteiger partial charge in [0, 0.05) is 12.0 Å². The maximum Gasteiger partial charge on any atom is 0.228 e. The Labute approximate surface area is 112 Å². The molecule has 1 aromatic carbocycles. The van der Waals surface area contributed by atoms with Crippen molar-refractivity contribution < 1.29 is 4.79 Å². The first-order valence-electron chi connectivity index (χ1n) is 6.60. The highest BCUT2D eigenvalue weighted by Gasteiger charge is 2.39. The average molecular weight is 255 g/mol. The largest absolute Gasteiger partial charge is 0.311 e. The van der Waals surface area contributed by atoms with Crippen molar-refractivity contribution in [3.63, 3.8) is 0 Å². The molecule has 2 aromatic rings. The fourth-order valence-corrected chi connectivity index (χ4v) is 2.23. The van der Waals surface area contributed by atoms with Gasteiger partial charge < -0.3 is 5.32 Å². The monoisotopic (exact) mass is 255 g/mol. The molecule has 19 heavy (non-hydrogen) atoms. The minimum absolute atomic E-state index is 0.113. The van der Waals surface area contributed by atoms with Gasteiger partial charge >= 0.3 is 0 Å². The van der Waals surface area contributed by atoms with E-state index in [2.05, 4.69) is 29.5 Å². The van der Waals surface area contributed by atoms with Crippen LogP contribution in [0.15, 0.2) is 42.6 Å². The Bertz CT molecular complexity index is 576. The smallest absolute Gasteiger partial charge is 0.228 e. The number of amides is 1. The molecule has 4 nitrogen and oxygen atoms in total. The fourth-order valence-electron chi connectivity index (χ4n) is 2.23. The van der Waals surface area contributed by atoms with Crippen LogP contribution in [-0.4, -0.2) is 15.7 Å². The number of anilines is 1. The fraction of sp³-hybridized carbons (Fsp3) is 0.333. The Hall–Kier alpha value is -2.10. The van der Waals surface area contributed by atoms with Crippen molar-refractivity contribution in [1.82, 2.24) is 9.78 Å². The van der Waals surface area contributed by atoms with Crippen molar-refractivity contribution in [1.29, 1.82) is 0 Å². The van der Waals surface area contributed by atoms with Crippen LogP contribution in [0.3, 0.4) is 0 Å². The highest BCUT2D eigenvalue weighted by atomic mass is 16.2. The predicted molar refractivity (Wildman–Crippen MR) is 73.7 cm³/mol. The van der Waals surface area contributed by atoms with Crippen LogP contribution < -0.4 is 5.32 Å². The zero-order valence-electron chi connectivity index (χ0n) is 10.9. The molecule has 1 amide bonds. The molecule has 1 fully saturated rings. The molecule has 98 valence electrons. The Morgan fingerprint density at radius 1 is 1.37 bits per heavy atom. The first-order chi connectivity index (χ1) is 9.24. The van der Waals surface area contributed by atoms with E-state index in [0.29, 0.717) is 12.5 Å². The van der Waals surface area contributed by atoms with Crippen LogP contribution in [0, 0.1) is 11.8 Å². The zero-order chi connectivity index (χ0) is 13.2. The molecular formula is C15H17N3O. The molecular weight excluding hydrogens is 238 g/mol. The molecule has 1 saturated carbocycles. The van der Waals surface area contributed by atoms with Gasteiger partial charge in [0.2, 0.25) is 5.91 Å². The molecule has 2 unspecified atom stereocenters. The van der Waals surface area contributed by atoms with Crippen molar-refractivity contribution >= 4 is 11.7 Å². The predicted octanol–water partition coefficient (Wildman–Crippen LogP) is 2.53. The third-order valence-electron chi connectivity index (χ3n) is 3.59. The standard InChI is InChI=1S/C15H17N3O/c1-11-9-13(11)15(19)17-14-7-8-16-18(14)10-12-5-3-2-4-6-12/h2-8,11,13H,9-10H2,1H3,(H,17,19). The van der Waals surface area contributed by atoms with Crippen molar-refractivity contribution in [3.05, 3.63) is 48.2 Å². The molecule has 0 saturated heterocycles. The van der Waals surface area contributed by atoms with Crippen LogP contribution >= 0.6 is 0 Å². The van der Waals surface area contributed by atoms with E-state index < -0.39 is 0 Å². The quantitative estimate of drug-likeness (QED) is 0.912. The van der Waals surface area contributed by atoms with E-state index in [-0.39, 0.29) is 11.8 Å². The summed E-state index contributed by atoms with van der Waals surface area (Å²) in [5.41, 5.74) is 1.17. The molecule has 3 rings (SSSR count). The summed E-state index contributed by atoms with van der Waals surface area (Å²) < 4.78 is 1.82. The number of nitrogens with one attached hydrogen (secondary N) is 1. The summed E-state index contributed by atoms with van der Waals surface area (Å²) in [5, 5.41) is 7.23. The lowest BCUT2D eigenvalue weighted by Gasteiger charge is -2.08. The zero-order valence-corrected chi connectivity index (χ0v) is 10.9. The van der Waals surface area contributed by atoms with E-state index in [4.69, 9.17) is 0 Å². The van der Waals surface area contributed by atoms with Gasteiger partial charge in [-0.3, -0.25) is 4.79 Å². The molecule has 1 N–H and O–H groups in total. The second kappa shape index (κ2) is 4.88. The lowest BCUT2D eigenvalue weighted by molar-refractivity contribution is -0.117. The number of carbonyl (C=O) groups is 1. The molecule has 0 aliphatic heterocycles. The normalized spacial score (nSPS) is 21.1. The van der Waals surface area contributed by atoms with Crippen LogP contribution in [0.1, 0.15) is 18.9 Å². The van der Waals surface area contributed by atoms with Crippen LogP contribution in [0.2, 0.25) is 0 Å². The number of rotatable bonds is 4. The summed E-state index contributed by atoms with van der Waals surface area (Å²) in [6.45, 7) is 2.77. The van der Waals surface area contributed by atoms with E-state index in [1.165, 1.54) is 5.56 Å². The lowest BCUT2D eigenvalue weighted by Crippen LogP contribution is -2.18. The van der Waals surface area contributed by atoms with E-state index >= 15 is 0 Å².